The Kier molecular flexibility index (Phi) is 13.6. The number of rotatable bonds is 10. The van der Waals surface area contributed by atoms with Gasteiger partial charge in [-0.3, -0.25) is 0 Å². The van der Waals surface area contributed by atoms with Gasteiger partial charge < -0.3 is 0 Å². The zero-order valence-corrected chi connectivity index (χ0v) is 12.1. The summed E-state index contributed by atoms with van der Waals surface area (Å²) < 4.78 is 1.46. The van der Waals surface area contributed by atoms with E-state index in [0.29, 0.717) is 0 Å². The van der Waals surface area contributed by atoms with Crippen molar-refractivity contribution in [1.82, 2.24) is 0 Å². The van der Waals surface area contributed by atoms with Crippen LogP contribution in [0.15, 0.2) is 0 Å². The van der Waals surface area contributed by atoms with Crippen LogP contribution in [0.4, 0.5) is 0 Å². The maximum atomic E-state index is 2.28. The van der Waals surface area contributed by atoms with Gasteiger partial charge in [-0.2, -0.15) is 0 Å². The van der Waals surface area contributed by atoms with Gasteiger partial charge in [0.15, 0.2) is 0 Å². The fourth-order valence-corrected chi connectivity index (χ4v) is 2.33. The van der Waals surface area contributed by atoms with E-state index in [9.17, 15) is 0 Å². The van der Waals surface area contributed by atoms with Crippen LogP contribution in [0.1, 0.15) is 71.1 Å². The van der Waals surface area contributed by atoms with Crippen molar-refractivity contribution in [3.05, 3.63) is 0 Å². The van der Waals surface area contributed by atoms with Crippen molar-refractivity contribution in [3.8, 4) is 0 Å². The van der Waals surface area contributed by atoms with E-state index in [-0.39, 0.29) is 0 Å². The molecular formula is C12H25Sn. The van der Waals surface area contributed by atoms with E-state index in [1.807, 2.05) is 0 Å². The second-order valence-corrected chi connectivity index (χ2v) is 5.36. The van der Waals surface area contributed by atoms with Gasteiger partial charge in [-0.1, -0.05) is 0 Å². The van der Waals surface area contributed by atoms with Crippen molar-refractivity contribution in [2.45, 2.75) is 75.6 Å². The van der Waals surface area contributed by atoms with Crippen molar-refractivity contribution in [3.63, 3.8) is 0 Å². The van der Waals surface area contributed by atoms with Crippen LogP contribution in [0.3, 0.4) is 0 Å². The first kappa shape index (κ1) is 13.8. The van der Waals surface area contributed by atoms with Gasteiger partial charge in [-0.15, -0.1) is 0 Å². The molecule has 1 heteroatoms. The molecule has 77 valence electrons. The number of hydrogen-bond donors (Lipinski definition) is 0. The second kappa shape index (κ2) is 12.8. The summed E-state index contributed by atoms with van der Waals surface area (Å²) in [5.74, 6) is 0. The van der Waals surface area contributed by atoms with Crippen LogP contribution >= 0.6 is 0 Å². The molecule has 3 radical (unpaired) electrons. The summed E-state index contributed by atoms with van der Waals surface area (Å²) in [5, 5.41) is 0. The molecular weight excluding hydrogens is 263 g/mol. The Labute approximate surface area is 98.0 Å². The summed E-state index contributed by atoms with van der Waals surface area (Å²) in [4.78, 5) is 0. The van der Waals surface area contributed by atoms with E-state index in [1.54, 1.807) is 22.5 Å². The molecule has 0 N–H and O–H groups in total. The molecule has 0 aliphatic carbocycles. The van der Waals surface area contributed by atoms with Crippen LogP contribution in [-0.4, -0.2) is 22.5 Å². The molecule has 0 aromatic carbocycles. The molecule has 13 heavy (non-hydrogen) atoms. The minimum atomic E-state index is 1.37. The Morgan fingerprint density at radius 1 is 0.615 bits per heavy atom. The minimum absolute atomic E-state index is 1.37. The summed E-state index contributed by atoms with van der Waals surface area (Å²) in [6.45, 7) is 2.28. The zero-order valence-electron chi connectivity index (χ0n) is 9.28. The normalized spacial score (nSPS) is 10.6. The van der Waals surface area contributed by atoms with E-state index in [2.05, 4.69) is 6.92 Å². The molecule has 0 aliphatic rings. The van der Waals surface area contributed by atoms with Gasteiger partial charge in [0.2, 0.25) is 0 Å². The number of hydrogen-bond acceptors (Lipinski definition) is 0. The maximum absolute atomic E-state index is 2.28. The fourth-order valence-electron chi connectivity index (χ4n) is 1.61. The Hall–Kier alpha value is 0.799. The third-order valence-electron chi connectivity index (χ3n) is 2.53. The van der Waals surface area contributed by atoms with Gasteiger partial charge in [0.05, 0.1) is 0 Å². The molecule has 0 saturated heterocycles. The van der Waals surface area contributed by atoms with Gasteiger partial charge in [-0.25, -0.2) is 0 Å². The topological polar surface area (TPSA) is 0 Å². The van der Waals surface area contributed by atoms with Crippen LogP contribution in [0.2, 0.25) is 4.44 Å². The first-order valence-electron chi connectivity index (χ1n) is 6.06. The molecule has 0 aromatic rings. The Balaban J connectivity index is 2.76. The van der Waals surface area contributed by atoms with Crippen molar-refractivity contribution in [2.24, 2.45) is 0 Å². The SMILES string of the molecule is CCCCCCCCCCC[CH2][Sn]. The molecule has 0 bridgehead atoms. The van der Waals surface area contributed by atoms with Gasteiger partial charge in [0.1, 0.15) is 0 Å². The van der Waals surface area contributed by atoms with E-state index in [4.69, 9.17) is 0 Å². The van der Waals surface area contributed by atoms with E-state index in [0.717, 1.165) is 0 Å². The summed E-state index contributed by atoms with van der Waals surface area (Å²) in [6, 6.07) is 0. The molecule has 0 spiro atoms. The third kappa shape index (κ3) is 12.8. The van der Waals surface area contributed by atoms with Gasteiger partial charge in [0, 0.05) is 0 Å². The van der Waals surface area contributed by atoms with Crippen molar-refractivity contribution >= 4 is 22.5 Å². The summed E-state index contributed by atoms with van der Waals surface area (Å²) in [7, 11) is 0. The van der Waals surface area contributed by atoms with Gasteiger partial charge in [0.25, 0.3) is 0 Å². The quantitative estimate of drug-likeness (QED) is 0.410. The molecule has 0 rings (SSSR count). The molecule has 0 unspecified atom stereocenters. The van der Waals surface area contributed by atoms with E-state index >= 15 is 0 Å². The van der Waals surface area contributed by atoms with Crippen LogP contribution < -0.4 is 0 Å². The first-order chi connectivity index (χ1) is 6.41. The predicted octanol–water partition coefficient (Wildman–Crippen LogP) is 4.49. The van der Waals surface area contributed by atoms with Crippen LogP contribution in [-0.2, 0) is 0 Å². The van der Waals surface area contributed by atoms with Gasteiger partial charge in [-0.05, 0) is 0 Å². The average Bonchev–Trinajstić information content (AvgIpc) is 2.16. The summed E-state index contributed by atoms with van der Waals surface area (Å²) >= 11 is 1.72. The molecule has 0 fully saturated rings. The fraction of sp³-hybridized carbons (Fsp3) is 1.00. The van der Waals surface area contributed by atoms with Crippen molar-refractivity contribution in [1.29, 1.82) is 0 Å². The van der Waals surface area contributed by atoms with Crippen LogP contribution in [0.5, 0.6) is 0 Å². The van der Waals surface area contributed by atoms with Crippen LogP contribution in [0.25, 0.3) is 0 Å². The van der Waals surface area contributed by atoms with Crippen LogP contribution in [0, 0.1) is 0 Å². The summed E-state index contributed by atoms with van der Waals surface area (Å²) in [6.07, 6.45) is 14.7. The molecule has 0 aromatic heterocycles. The summed E-state index contributed by atoms with van der Waals surface area (Å²) in [5.41, 5.74) is 0. The Morgan fingerprint density at radius 3 is 1.38 bits per heavy atom. The second-order valence-electron chi connectivity index (χ2n) is 3.93. The first-order valence-corrected chi connectivity index (χ1v) is 8.08. The van der Waals surface area contributed by atoms with E-state index in [1.165, 1.54) is 68.6 Å². The molecule has 0 saturated carbocycles. The monoisotopic (exact) mass is 289 g/mol. The average molecular weight is 288 g/mol. The van der Waals surface area contributed by atoms with Gasteiger partial charge >= 0.3 is 98.1 Å². The standard InChI is InChI=1S/C12H25.Sn/c1-3-5-7-9-11-12-10-8-6-4-2;/h1,3-12H2,2H3;. The Bertz CT molecular complexity index is 71.2. The van der Waals surface area contributed by atoms with Crippen molar-refractivity contribution in [2.75, 3.05) is 0 Å². The predicted molar refractivity (Wildman–Crippen MR) is 62.4 cm³/mol. The van der Waals surface area contributed by atoms with Crippen molar-refractivity contribution < 1.29 is 0 Å². The molecule has 0 amide bonds. The zero-order chi connectivity index (χ0) is 9.78. The molecule has 0 nitrogen and oxygen atoms in total. The molecule has 0 heterocycles. The number of unbranched alkanes of at least 4 members (excludes halogenated alkanes) is 9. The Morgan fingerprint density at radius 2 is 1.00 bits per heavy atom. The molecule has 0 atom stereocenters. The molecule has 0 aliphatic heterocycles. The van der Waals surface area contributed by atoms with E-state index < -0.39 is 0 Å². The third-order valence-corrected chi connectivity index (χ3v) is 3.54.